The summed E-state index contributed by atoms with van der Waals surface area (Å²) in [4.78, 5) is 17.0. The highest BCUT2D eigenvalue weighted by atomic mass is 35.5. The molecular formula is C26H28ClN3O4S. The van der Waals surface area contributed by atoms with Gasteiger partial charge in [-0.05, 0) is 67.4 Å². The summed E-state index contributed by atoms with van der Waals surface area (Å²) in [5.41, 5.74) is 3.58. The van der Waals surface area contributed by atoms with Crippen LogP contribution in [-0.2, 0) is 10.0 Å². The summed E-state index contributed by atoms with van der Waals surface area (Å²) in [5.74, 6) is 0.556. The van der Waals surface area contributed by atoms with Gasteiger partial charge in [-0.3, -0.25) is 9.52 Å². The van der Waals surface area contributed by atoms with E-state index in [0.717, 1.165) is 22.6 Å². The number of halogens is 1. The number of rotatable bonds is 6. The van der Waals surface area contributed by atoms with Crippen LogP contribution in [0.3, 0.4) is 0 Å². The lowest BCUT2D eigenvalue weighted by Gasteiger charge is -2.36. The molecule has 1 saturated heterocycles. The van der Waals surface area contributed by atoms with Crippen molar-refractivity contribution in [3.8, 4) is 5.75 Å². The van der Waals surface area contributed by atoms with Gasteiger partial charge in [0.2, 0.25) is 0 Å². The van der Waals surface area contributed by atoms with Crippen molar-refractivity contribution < 1.29 is 17.9 Å². The fraction of sp³-hybridized carbons (Fsp3) is 0.269. The molecule has 1 aliphatic heterocycles. The summed E-state index contributed by atoms with van der Waals surface area (Å²) in [6.45, 7) is 6.07. The molecule has 0 radical (unpaired) electrons. The lowest BCUT2D eigenvalue weighted by Crippen LogP contribution is -2.48. The van der Waals surface area contributed by atoms with Crippen LogP contribution in [0.2, 0.25) is 5.02 Å². The Kier molecular flexibility index (Phi) is 7.23. The minimum atomic E-state index is -3.99. The average Bonchev–Trinajstić information content (AvgIpc) is 2.83. The van der Waals surface area contributed by atoms with E-state index >= 15 is 0 Å². The third-order valence-corrected chi connectivity index (χ3v) is 7.80. The minimum Gasteiger partial charge on any atom is -0.495 e. The second kappa shape index (κ2) is 10.2. The Morgan fingerprint density at radius 3 is 2.26 bits per heavy atom. The number of sulfonamides is 1. The van der Waals surface area contributed by atoms with Gasteiger partial charge in [-0.2, -0.15) is 0 Å². The molecule has 0 spiro atoms. The fourth-order valence-electron chi connectivity index (χ4n) is 4.31. The van der Waals surface area contributed by atoms with E-state index in [2.05, 4.69) is 9.62 Å². The maximum atomic E-state index is 13.2. The van der Waals surface area contributed by atoms with E-state index in [1.807, 2.05) is 44.2 Å². The summed E-state index contributed by atoms with van der Waals surface area (Å²) in [5, 5.41) is 0.0550. The van der Waals surface area contributed by atoms with Crippen molar-refractivity contribution in [2.24, 2.45) is 0 Å². The Morgan fingerprint density at radius 1 is 0.943 bits per heavy atom. The van der Waals surface area contributed by atoms with Gasteiger partial charge in [0.05, 0.1) is 17.8 Å². The Labute approximate surface area is 211 Å². The Bertz CT molecular complexity index is 1330. The van der Waals surface area contributed by atoms with Gasteiger partial charge in [0.15, 0.2) is 0 Å². The molecule has 0 unspecified atom stereocenters. The molecule has 7 nitrogen and oxygen atoms in total. The number of nitrogens with zero attached hydrogens (tertiary/aromatic N) is 2. The lowest BCUT2D eigenvalue weighted by atomic mass is 10.1. The second-order valence-electron chi connectivity index (χ2n) is 8.58. The van der Waals surface area contributed by atoms with Crippen molar-refractivity contribution in [3.63, 3.8) is 0 Å². The van der Waals surface area contributed by atoms with E-state index in [9.17, 15) is 13.2 Å². The van der Waals surface area contributed by atoms with Gasteiger partial charge >= 0.3 is 0 Å². The van der Waals surface area contributed by atoms with Crippen LogP contribution in [0, 0.1) is 13.8 Å². The van der Waals surface area contributed by atoms with Crippen molar-refractivity contribution in [2.75, 3.05) is 42.9 Å². The molecule has 3 aromatic rings. The molecule has 184 valence electrons. The normalized spacial score (nSPS) is 14.1. The van der Waals surface area contributed by atoms with Crippen molar-refractivity contribution in [2.45, 2.75) is 18.7 Å². The highest BCUT2D eigenvalue weighted by Gasteiger charge is 2.26. The highest BCUT2D eigenvalue weighted by Crippen LogP contribution is 2.29. The van der Waals surface area contributed by atoms with Crippen LogP contribution in [0.1, 0.15) is 21.5 Å². The van der Waals surface area contributed by atoms with Gasteiger partial charge in [-0.25, -0.2) is 8.42 Å². The highest BCUT2D eigenvalue weighted by molar-refractivity contribution is 7.92. The Hall–Kier alpha value is -3.23. The molecule has 3 aromatic carbocycles. The third kappa shape index (κ3) is 5.55. The zero-order valence-electron chi connectivity index (χ0n) is 19.9. The summed E-state index contributed by atoms with van der Waals surface area (Å²) in [6.07, 6.45) is 0. The maximum Gasteiger partial charge on any atom is 0.263 e. The number of carbonyl (C=O) groups excluding carboxylic acids is 1. The first kappa shape index (κ1) is 24.9. The molecule has 35 heavy (non-hydrogen) atoms. The molecule has 1 fully saturated rings. The first-order valence-electron chi connectivity index (χ1n) is 11.3. The number of piperazine rings is 1. The number of nitrogens with one attached hydrogen (secondary N) is 1. The standard InChI is InChI=1S/C26H28ClN3O4S/c1-18-14-19(2)16-21(15-18)28-35(32,33)25-17-20(8-9-22(25)27)26(31)30-12-10-29(11-13-30)23-6-4-5-7-24(23)34-3/h4-9,14-17,28H,10-13H2,1-3H3. The maximum absolute atomic E-state index is 13.2. The predicted octanol–water partition coefficient (Wildman–Crippen LogP) is 4.73. The van der Waals surface area contributed by atoms with Gasteiger partial charge in [0.25, 0.3) is 15.9 Å². The topological polar surface area (TPSA) is 79.0 Å². The quantitative estimate of drug-likeness (QED) is 0.515. The lowest BCUT2D eigenvalue weighted by molar-refractivity contribution is 0.0746. The molecule has 4 rings (SSSR count). The number of hydrogen-bond acceptors (Lipinski definition) is 5. The minimum absolute atomic E-state index is 0.0550. The van der Waals surface area contributed by atoms with Crippen LogP contribution >= 0.6 is 11.6 Å². The number of carbonyl (C=O) groups is 1. The van der Waals surface area contributed by atoms with Crippen LogP contribution in [0.5, 0.6) is 5.75 Å². The first-order valence-corrected chi connectivity index (χ1v) is 13.1. The zero-order chi connectivity index (χ0) is 25.2. The van der Waals surface area contributed by atoms with E-state index < -0.39 is 10.0 Å². The van der Waals surface area contributed by atoms with Crippen LogP contribution < -0.4 is 14.4 Å². The fourth-order valence-corrected chi connectivity index (χ4v) is 5.88. The molecule has 0 aromatic heterocycles. The monoisotopic (exact) mass is 513 g/mol. The van der Waals surface area contributed by atoms with Gasteiger partial charge in [0, 0.05) is 37.4 Å². The molecule has 1 aliphatic rings. The van der Waals surface area contributed by atoms with Crippen molar-refractivity contribution in [3.05, 3.63) is 82.4 Å². The van der Waals surface area contributed by atoms with Crippen LogP contribution in [0.25, 0.3) is 0 Å². The SMILES string of the molecule is COc1ccccc1N1CCN(C(=O)c2ccc(Cl)c(S(=O)(=O)Nc3cc(C)cc(C)c3)c2)CC1. The predicted molar refractivity (Wildman–Crippen MR) is 139 cm³/mol. The van der Waals surface area contributed by atoms with Crippen LogP contribution in [0.4, 0.5) is 11.4 Å². The third-order valence-electron chi connectivity index (χ3n) is 5.93. The molecule has 0 atom stereocenters. The number of methoxy groups -OCH3 is 1. The summed E-state index contributed by atoms with van der Waals surface area (Å²) >= 11 is 6.25. The number of hydrogen-bond donors (Lipinski definition) is 1. The van der Waals surface area contributed by atoms with Crippen LogP contribution in [0.15, 0.2) is 65.6 Å². The number of amides is 1. The molecule has 1 amide bonds. The summed E-state index contributed by atoms with van der Waals surface area (Å²) in [7, 11) is -2.35. The molecule has 1 heterocycles. The van der Waals surface area contributed by atoms with Crippen molar-refractivity contribution in [1.82, 2.24) is 4.90 Å². The molecule has 9 heteroatoms. The van der Waals surface area contributed by atoms with E-state index in [1.165, 1.54) is 12.1 Å². The number of ether oxygens (including phenoxy) is 1. The Balaban J connectivity index is 1.51. The van der Waals surface area contributed by atoms with Gasteiger partial charge in [0.1, 0.15) is 10.6 Å². The number of anilines is 2. The number of benzene rings is 3. The van der Waals surface area contributed by atoms with E-state index in [0.29, 0.717) is 31.9 Å². The van der Waals surface area contributed by atoms with Crippen LogP contribution in [-0.4, -0.2) is 52.5 Å². The molecule has 0 aliphatic carbocycles. The molecule has 0 bridgehead atoms. The molecule has 0 saturated carbocycles. The second-order valence-corrected chi connectivity index (χ2v) is 10.6. The zero-order valence-corrected chi connectivity index (χ0v) is 21.5. The average molecular weight is 514 g/mol. The largest absolute Gasteiger partial charge is 0.495 e. The Morgan fingerprint density at radius 2 is 1.60 bits per heavy atom. The number of aryl methyl sites for hydroxylation is 2. The molecule has 1 N–H and O–H groups in total. The van der Waals surface area contributed by atoms with E-state index in [-0.39, 0.29) is 21.4 Å². The van der Waals surface area contributed by atoms with Gasteiger partial charge in [-0.15, -0.1) is 0 Å². The number of para-hydroxylation sites is 2. The molecular weight excluding hydrogens is 486 g/mol. The van der Waals surface area contributed by atoms with E-state index in [4.69, 9.17) is 16.3 Å². The van der Waals surface area contributed by atoms with Gasteiger partial charge in [-0.1, -0.05) is 29.8 Å². The first-order chi connectivity index (χ1) is 16.7. The van der Waals surface area contributed by atoms with E-state index in [1.54, 1.807) is 30.2 Å². The van der Waals surface area contributed by atoms with Gasteiger partial charge < -0.3 is 14.5 Å². The van der Waals surface area contributed by atoms with Crippen molar-refractivity contribution >= 4 is 38.9 Å². The summed E-state index contributed by atoms with van der Waals surface area (Å²) in [6, 6.07) is 17.6. The summed E-state index contributed by atoms with van der Waals surface area (Å²) < 4.78 is 34.3. The smallest absolute Gasteiger partial charge is 0.263 e. The van der Waals surface area contributed by atoms with Crippen molar-refractivity contribution in [1.29, 1.82) is 0 Å².